The van der Waals surface area contributed by atoms with Crippen LogP contribution in [0.25, 0.3) is 0 Å². The fourth-order valence-electron chi connectivity index (χ4n) is 2.92. The van der Waals surface area contributed by atoms with Crippen LogP contribution in [0.1, 0.15) is 59.9 Å². The molecule has 0 aromatic heterocycles. The van der Waals surface area contributed by atoms with Crippen molar-refractivity contribution in [2.45, 2.75) is 84.3 Å². The van der Waals surface area contributed by atoms with Crippen LogP contribution in [0.4, 0.5) is 14.4 Å². The number of benzene rings is 1. The molecular weight excluding hydrogens is 496 g/mol. The van der Waals surface area contributed by atoms with Gasteiger partial charge in [0.05, 0.1) is 6.10 Å². The molecule has 0 bridgehead atoms. The molecule has 0 aliphatic rings. The van der Waals surface area contributed by atoms with Crippen molar-refractivity contribution in [1.29, 1.82) is 0 Å². The van der Waals surface area contributed by atoms with Crippen LogP contribution < -0.4 is 21.3 Å². The molecule has 0 saturated heterocycles. The largest absolute Gasteiger partial charge is 0.445 e. The predicted molar refractivity (Wildman–Crippen MR) is 140 cm³/mol. The van der Waals surface area contributed by atoms with Crippen molar-refractivity contribution in [2.24, 2.45) is 0 Å². The van der Waals surface area contributed by atoms with Gasteiger partial charge in [-0.05, 0) is 59.9 Å². The first-order valence-corrected chi connectivity index (χ1v) is 12.5. The van der Waals surface area contributed by atoms with Gasteiger partial charge in [0.1, 0.15) is 23.9 Å². The van der Waals surface area contributed by atoms with E-state index in [4.69, 9.17) is 14.2 Å². The van der Waals surface area contributed by atoms with E-state index in [0.29, 0.717) is 6.42 Å². The lowest BCUT2D eigenvalue weighted by Gasteiger charge is -2.22. The monoisotopic (exact) mass is 538 g/mol. The minimum atomic E-state index is -1.09. The van der Waals surface area contributed by atoms with E-state index < -0.39 is 47.5 Å². The number of hydrogen-bond acceptors (Lipinski definition) is 8. The average Bonchev–Trinajstić information content (AvgIpc) is 2.80. The molecule has 0 aliphatic carbocycles. The fourth-order valence-corrected chi connectivity index (χ4v) is 2.92. The highest BCUT2D eigenvalue weighted by molar-refractivity contribution is 5.85. The number of nitrogens with one attached hydrogen (secondary N) is 4. The Morgan fingerprint density at radius 3 is 1.95 bits per heavy atom. The summed E-state index contributed by atoms with van der Waals surface area (Å²) in [5.74, 6) is -0.560. The van der Waals surface area contributed by atoms with E-state index in [0.717, 1.165) is 5.56 Å². The number of carbonyl (C=O) groups excluding carboxylic acids is 4. The van der Waals surface area contributed by atoms with Crippen LogP contribution in [-0.2, 0) is 25.6 Å². The zero-order valence-corrected chi connectivity index (χ0v) is 23.1. The molecule has 0 radical (unpaired) electrons. The van der Waals surface area contributed by atoms with Gasteiger partial charge in [-0.1, -0.05) is 30.3 Å². The minimum absolute atomic E-state index is 0.0241. The Morgan fingerprint density at radius 1 is 0.816 bits per heavy atom. The summed E-state index contributed by atoms with van der Waals surface area (Å²) in [5.41, 5.74) is -0.545. The lowest BCUT2D eigenvalue weighted by molar-refractivity contribution is -0.123. The number of carbonyl (C=O) groups is 4. The van der Waals surface area contributed by atoms with Gasteiger partial charge in [-0.2, -0.15) is 0 Å². The maximum absolute atomic E-state index is 12.8. The van der Waals surface area contributed by atoms with E-state index >= 15 is 0 Å². The fraction of sp³-hybridized carbons (Fsp3) is 0.615. The summed E-state index contributed by atoms with van der Waals surface area (Å²) >= 11 is 0. The molecule has 38 heavy (non-hydrogen) atoms. The van der Waals surface area contributed by atoms with Crippen molar-refractivity contribution < 1.29 is 38.5 Å². The van der Waals surface area contributed by atoms with Gasteiger partial charge < -0.3 is 40.6 Å². The Hall–Kier alpha value is -3.54. The molecule has 1 aromatic carbocycles. The van der Waals surface area contributed by atoms with Gasteiger partial charge in [0.2, 0.25) is 5.91 Å². The first-order chi connectivity index (χ1) is 17.6. The molecule has 214 valence electrons. The number of ether oxygens (including phenoxy) is 3. The first-order valence-electron chi connectivity index (χ1n) is 12.5. The summed E-state index contributed by atoms with van der Waals surface area (Å²) in [5, 5.41) is 20.2. The van der Waals surface area contributed by atoms with E-state index in [1.54, 1.807) is 53.7 Å². The number of aliphatic hydroxyl groups is 1. The zero-order valence-electron chi connectivity index (χ0n) is 23.1. The van der Waals surface area contributed by atoms with Crippen molar-refractivity contribution >= 4 is 24.2 Å². The third-order valence-corrected chi connectivity index (χ3v) is 4.55. The molecule has 1 rings (SSSR count). The second-order valence-electron chi connectivity index (χ2n) is 10.6. The highest BCUT2D eigenvalue weighted by Crippen LogP contribution is 2.08. The van der Waals surface area contributed by atoms with Crippen LogP contribution in [0.2, 0.25) is 0 Å². The van der Waals surface area contributed by atoms with Crippen LogP contribution in [0.5, 0.6) is 0 Å². The molecule has 5 N–H and O–H groups in total. The zero-order chi connectivity index (χ0) is 28.8. The summed E-state index contributed by atoms with van der Waals surface area (Å²) in [4.78, 5) is 48.7. The first kappa shape index (κ1) is 32.5. The molecule has 12 heteroatoms. The number of rotatable bonds is 12. The van der Waals surface area contributed by atoms with Crippen LogP contribution in [-0.4, -0.2) is 72.3 Å². The number of alkyl carbamates (subject to hydrolysis) is 3. The Balaban J connectivity index is 2.60. The van der Waals surface area contributed by atoms with E-state index in [-0.39, 0.29) is 32.7 Å². The molecule has 12 nitrogen and oxygen atoms in total. The summed E-state index contributed by atoms with van der Waals surface area (Å²) in [6.45, 7) is 10.3. The van der Waals surface area contributed by atoms with Gasteiger partial charge in [-0.3, -0.25) is 4.79 Å². The van der Waals surface area contributed by atoms with Gasteiger partial charge in [0, 0.05) is 19.6 Å². The third kappa shape index (κ3) is 16.3. The highest BCUT2D eigenvalue weighted by Gasteiger charge is 2.23. The van der Waals surface area contributed by atoms with E-state index in [1.165, 1.54) is 0 Å². The average molecular weight is 539 g/mol. The van der Waals surface area contributed by atoms with Crippen molar-refractivity contribution in [2.75, 3.05) is 19.6 Å². The van der Waals surface area contributed by atoms with Gasteiger partial charge in [-0.15, -0.1) is 0 Å². The molecule has 0 heterocycles. The van der Waals surface area contributed by atoms with Gasteiger partial charge in [0.25, 0.3) is 0 Å². The molecule has 0 aliphatic heterocycles. The molecule has 2 atom stereocenters. The second kappa shape index (κ2) is 15.7. The van der Waals surface area contributed by atoms with E-state index in [1.807, 2.05) is 18.2 Å². The van der Waals surface area contributed by atoms with E-state index in [9.17, 15) is 24.3 Å². The summed E-state index contributed by atoms with van der Waals surface area (Å²) in [7, 11) is 0. The van der Waals surface area contributed by atoms with Crippen molar-refractivity contribution in [3.8, 4) is 0 Å². The Labute approximate surface area is 224 Å². The molecule has 0 fully saturated rings. The third-order valence-electron chi connectivity index (χ3n) is 4.55. The molecule has 1 aromatic rings. The smallest absolute Gasteiger partial charge is 0.408 e. The summed E-state index contributed by atoms with van der Waals surface area (Å²) < 4.78 is 15.5. The van der Waals surface area contributed by atoms with Crippen LogP contribution in [0, 0.1) is 0 Å². The molecule has 0 saturated carbocycles. The molecule has 1 unspecified atom stereocenters. The SMILES string of the molecule is CC(C)(C)OC(=O)NCCC[C@H](NC(=O)OCc1ccccc1)C(=O)NCC(O)CNC(=O)OC(C)(C)C. The lowest BCUT2D eigenvalue weighted by atomic mass is 10.1. The molecular formula is C26H42N4O8. The maximum atomic E-state index is 12.8. The van der Waals surface area contributed by atoms with Crippen molar-refractivity contribution in [1.82, 2.24) is 21.3 Å². The Bertz CT molecular complexity index is 897. The van der Waals surface area contributed by atoms with Gasteiger partial charge in [-0.25, -0.2) is 14.4 Å². The Morgan fingerprint density at radius 2 is 1.37 bits per heavy atom. The molecule has 4 amide bonds. The maximum Gasteiger partial charge on any atom is 0.408 e. The van der Waals surface area contributed by atoms with Crippen molar-refractivity contribution in [3.63, 3.8) is 0 Å². The van der Waals surface area contributed by atoms with Crippen molar-refractivity contribution in [3.05, 3.63) is 35.9 Å². The Kier molecular flexibility index (Phi) is 13.4. The molecule has 0 spiro atoms. The van der Waals surface area contributed by atoms with E-state index in [2.05, 4.69) is 21.3 Å². The highest BCUT2D eigenvalue weighted by atomic mass is 16.6. The quantitative estimate of drug-likeness (QED) is 0.200. The number of hydrogen-bond donors (Lipinski definition) is 5. The van der Waals surface area contributed by atoms with Gasteiger partial charge in [0.15, 0.2) is 0 Å². The van der Waals surface area contributed by atoms with Crippen LogP contribution in [0.15, 0.2) is 30.3 Å². The minimum Gasteiger partial charge on any atom is -0.445 e. The normalized spacial score (nSPS) is 12.9. The topological polar surface area (TPSA) is 164 Å². The van der Waals surface area contributed by atoms with Crippen LogP contribution >= 0.6 is 0 Å². The lowest BCUT2D eigenvalue weighted by Crippen LogP contribution is -2.50. The standard InChI is InChI=1S/C26H42N4O8/c1-25(2,3)37-22(33)27-14-10-13-20(30-24(35)36-17-18-11-8-7-9-12-18)21(32)28-15-19(31)16-29-23(34)38-26(4,5)6/h7-9,11-12,19-20,31H,10,13-17H2,1-6H3,(H,27,33)(H,28,32)(H,29,34)(H,30,35)/t19?,20-/m0/s1. The second-order valence-corrected chi connectivity index (χ2v) is 10.6. The predicted octanol–water partition coefficient (Wildman–Crippen LogP) is 2.59. The van der Waals surface area contributed by atoms with Crippen LogP contribution in [0.3, 0.4) is 0 Å². The summed E-state index contributed by atoms with van der Waals surface area (Å²) in [6, 6.07) is 8.07. The number of aliphatic hydroxyl groups excluding tert-OH is 1. The van der Waals surface area contributed by atoms with Gasteiger partial charge >= 0.3 is 18.3 Å². The summed E-state index contributed by atoms with van der Waals surface area (Å²) in [6.07, 6.45) is -2.64. The number of amides is 4.